The predicted molar refractivity (Wildman–Crippen MR) is 72.9 cm³/mol. The lowest BCUT2D eigenvalue weighted by Gasteiger charge is -2.13. The Morgan fingerprint density at radius 1 is 1.17 bits per heavy atom. The van der Waals surface area contributed by atoms with Crippen molar-refractivity contribution in [1.82, 2.24) is 0 Å². The van der Waals surface area contributed by atoms with Crippen molar-refractivity contribution in [1.29, 1.82) is 0 Å². The first-order valence-electron chi connectivity index (χ1n) is 6.01. The molecule has 0 bridgehead atoms. The van der Waals surface area contributed by atoms with Gasteiger partial charge in [0.25, 0.3) is 0 Å². The molecule has 2 heteroatoms. The van der Waals surface area contributed by atoms with Crippen LogP contribution in [-0.2, 0) is 0 Å². The highest BCUT2D eigenvalue weighted by molar-refractivity contribution is 5.74. The minimum atomic E-state index is 0.384. The minimum Gasteiger partial charge on any atom is -0.489 e. The largest absolute Gasteiger partial charge is 0.489 e. The maximum atomic E-state index is 10.5. The van der Waals surface area contributed by atoms with Crippen molar-refractivity contribution in [3.05, 3.63) is 65.8 Å². The molecule has 0 heterocycles. The van der Waals surface area contributed by atoms with Crippen LogP contribution in [0.1, 0.15) is 17.3 Å². The molecule has 2 rings (SSSR count). The van der Waals surface area contributed by atoms with Crippen LogP contribution in [0.15, 0.2) is 60.2 Å². The van der Waals surface area contributed by atoms with Crippen molar-refractivity contribution in [2.24, 2.45) is 5.92 Å². The summed E-state index contributed by atoms with van der Waals surface area (Å²) >= 11 is 0. The Hall–Kier alpha value is -2.09. The molecule has 1 aromatic carbocycles. The van der Waals surface area contributed by atoms with Gasteiger partial charge in [-0.1, -0.05) is 37.3 Å². The van der Waals surface area contributed by atoms with E-state index in [1.54, 1.807) is 12.1 Å². The van der Waals surface area contributed by atoms with Crippen LogP contribution in [0, 0.1) is 5.92 Å². The quantitative estimate of drug-likeness (QED) is 0.752. The second kappa shape index (κ2) is 6.01. The number of ether oxygens (including phenoxy) is 1. The molecule has 0 amide bonds. The van der Waals surface area contributed by atoms with E-state index in [2.05, 4.69) is 19.1 Å². The van der Waals surface area contributed by atoms with Gasteiger partial charge in [0, 0.05) is 5.56 Å². The van der Waals surface area contributed by atoms with Gasteiger partial charge in [-0.15, -0.1) is 0 Å². The van der Waals surface area contributed by atoms with E-state index in [0.717, 1.165) is 12.0 Å². The fraction of sp³-hybridized carbons (Fsp3) is 0.188. The molecule has 0 N–H and O–H groups in total. The lowest BCUT2D eigenvalue weighted by atomic mass is 10.0. The maximum Gasteiger partial charge on any atom is 0.150 e. The number of benzene rings is 1. The number of hydrogen-bond donors (Lipinski definition) is 0. The fourth-order valence-corrected chi connectivity index (χ4v) is 1.74. The van der Waals surface area contributed by atoms with Crippen LogP contribution in [-0.4, -0.2) is 12.9 Å². The summed E-state index contributed by atoms with van der Waals surface area (Å²) < 4.78 is 5.72. The number of allylic oxidation sites excluding steroid dienone is 5. The Morgan fingerprint density at radius 3 is 2.67 bits per heavy atom. The summed E-state index contributed by atoms with van der Waals surface area (Å²) in [7, 11) is 0. The van der Waals surface area contributed by atoms with Crippen LogP contribution in [0.4, 0.5) is 0 Å². The van der Waals surface area contributed by atoms with Gasteiger partial charge in [-0.2, -0.15) is 0 Å². The molecule has 0 saturated heterocycles. The van der Waals surface area contributed by atoms with Gasteiger partial charge < -0.3 is 4.74 Å². The summed E-state index contributed by atoms with van der Waals surface area (Å²) in [6, 6.07) is 7.15. The standard InChI is InChI=1S/C16H16O2/c1-13-5-3-2-4-6-15(13)12-18-16-9-7-14(11-17)8-10-16/h2-11,13H,12H2,1H3. The maximum absolute atomic E-state index is 10.5. The first-order chi connectivity index (χ1) is 8.79. The van der Waals surface area contributed by atoms with Crippen molar-refractivity contribution in [3.8, 4) is 5.75 Å². The summed E-state index contributed by atoms with van der Waals surface area (Å²) in [6.45, 7) is 2.71. The van der Waals surface area contributed by atoms with Gasteiger partial charge in [0.15, 0.2) is 0 Å². The molecule has 1 aliphatic carbocycles. The highest BCUT2D eigenvalue weighted by Gasteiger charge is 2.07. The van der Waals surface area contributed by atoms with Crippen molar-refractivity contribution in [2.75, 3.05) is 6.61 Å². The molecule has 2 nitrogen and oxygen atoms in total. The first kappa shape index (κ1) is 12.4. The SMILES string of the molecule is CC1C=CC=CC=C1COc1ccc(C=O)cc1. The van der Waals surface area contributed by atoms with E-state index in [1.165, 1.54) is 5.57 Å². The highest BCUT2D eigenvalue weighted by atomic mass is 16.5. The molecule has 0 spiro atoms. The van der Waals surface area contributed by atoms with Crippen molar-refractivity contribution >= 4 is 6.29 Å². The van der Waals surface area contributed by atoms with E-state index in [4.69, 9.17) is 4.74 Å². The molecule has 0 aromatic heterocycles. The van der Waals surface area contributed by atoms with Gasteiger partial charge in [0.05, 0.1) is 0 Å². The molecule has 1 atom stereocenters. The number of aldehydes is 1. The summed E-state index contributed by atoms with van der Waals surface area (Å²) in [5.41, 5.74) is 1.90. The average molecular weight is 240 g/mol. The zero-order chi connectivity index (χ0) is 12.8. The normalized spacial score (nSPS) is 18.1. The molecule has 0 aliphatic heterocycles. The van der Waals surface area contributed by atoms with E-state index in [0.29, 0.717) is 18.1 Å². The molecular weight excluding hydrogens is 224 g/mol. The third kappa shape index (κ3) is 3.20. The molecule has 1 aliphatic rings. The molecule has 0 saturated carbocycles. The van der Waals surface area contributed by atoms with Gasteiger partial charge in [0.1, 0.15) is 18.6 Å². The molecule has 0 radical (unpaired) electrons. The Bertz CT molecular complexity index is 492. The van der Waals surface area contributed by atoms with E-state index in [9.17, 15) is 4.79 Å². The van der Waals surface area contributed by atoms with E-state index >= 15 is 0 Å². The molecule has 18 heavy (non-hydrogen) atoms. The van der Waals surface area contributed by atoms with Crippen LogP contribution in [0.25, 0.3) is 0 Å². The van der Waals surface area contributed by atoms with E-state index in [1.807, 2.05) is 30.4 Å². The lowest BCUT2D eigenvalue weighted by molar-refractivity contribution is 0.112. The van der Waals surface area contributed by atoms with E-state index < -0.39 is 0 Å². The summed E-state index contributed by atoms with van der Waals surface area (Å²) in [5, 5.41) is 0. The van der Waals surface area contributed by atoms with Gasteiger partial charge in [-0.25, -0.2) is 0 Å². The Balaban J connectivity index is 1.98. The average Bonchev–Trinajstić information content (AvgIpc) is 2.62. The van der Waals surface area contributed by atoms with Crippen molar-refractivity contribution in [3.63, 3.8) is 0 Å². The molecule has 92 valence electrons. The molecule has 0 fully saturated rings. The van der Waals surface area contributed by atoms with Gasteiger partial charge in [0.2, 0.25) is 0 Å². The van der Waals surface area contributed by atoms with Crippen LogP contribution >= 0.6 is 0 Å². The number of rotatable bonds is 4. The second-order valence-corrected chi connectivity index (χ2v) is 4.28. The van der Waals surface area contributed by atoms with Gasteiger partial charge in [-0.3, -0.25) is 4.79 Å². The monoisotopic (exact) mass is 240 g/mol. The summed E-state index contributed by atoms with van der Waals surface area (Å²) in [5.74, 6) is 1.17. The highest BCUT2D eigenvalue weighted by Crippen LogP contribution is 2.18. The topological polar surface area (TPSA) is 26.3 Å². The predicted octanol–water partition coefficient (Wildman–Crippen LogP) is 3.57. The lowest BCUT2D eigenvalue weighted by Crippen LogP contribution is -2.07. The van der Waals surface area contributed by atoms with Crippen LogP contribution in [0.2, 0.25) is 0 Å². The molecule has 1 aromatic rings. The fourth-order valence-electron chi connectivity index (χ4n) is 1.74. The van der Waals surface area contributed by atoms with Crippen LogP contribution in [0.5, 0.6) is 5.75 Å². The Labute approximate surface area is 107 Å². The summed E-state index contributed by atoms with van der Waals surface area (Å²) in [6.07, 6.45) is 11.2. The van der Waals surface area contributed by atoms with Crippen LogP contribution in [0.3, 0.4) is 0 Å². The third-order valence-electron chi connectivity index (χ3n) is 2.94. The second-order valence-electron chi connectivity index (χ2n) is 4.28. The van der Waals surface area contributed by atoms with Crippen molar-refractivity contribution in [2.45, 2.75) is 6.92 Å². The zero-order valence-corrected chi connectivity index (χ0v) is 10.4. The Kier molecular flexibility index (Phi) is 4.13. The molecular formula is C16H16O2. The van der Waals surface area contributed by atoms with Crippen molar-refractivity contribution < 1.29 is 9.53 Å². The number of carbonyl (C=O) groups is 1. The zero-order valence-electron chi connectivity index (χ0n) is 10.4. The van der Waals surface area contributed by atoms with E-state index in [-0.39, 0.29) is 0 Å². The minimum absolute atomic E-state index is 0.384. The smallest absolute Gasteiger partial charge is 0.150 e. The Morgan fingerprint density at radius 2 is 1.94 bits per heavy atom. The summed E-state index contributed by atoms with van der Waals surface area (Å²) in [4.78, 5) is 10.5. The first-order valence-corrected chi connectivity index (χ1v) is 6.01. The number of hydrogen-bond acceptors (Lipinski definition) is 2. The van der Waals surface area contributed by atoms with Crippen LogP contribution < -0.4 is 4.74 Å². The van der Waals surface area contributed by atoms with Gasteiger partial charge >= 0.3 is 0 Å². The van der Waals surface area contributed by atoms with Gasteiger partial charge in [-0.05, 0) is 35.8 Å². The molecule has 1 unspecified atom stereocenters. The third-order valence-corrected chi connectivity index (χ3v) is 2.94. The number of carbonyl (C=O) groups excluding carboxylic acids is 1.